The highest BCUT2D eigenvalue weighted by Crippen LogP contribution is 2.15. The molecular formula is C10H15NO2S. The number of nitrogens with two attached hydrogens (primary N) is 1. The molecule has 0 aromatic heterocycles. The van der Waals surface area contributed by atoms with Gasteiger partial charge in [0.15, 0.2) is 0 Å². The minimum atomic E-state index is -3.41. The predicted molar refractivity (Wildman–Crippen MR) is 57.3 cm³/mol. The van der Waals surface area contributed by atoms with E-state index in [1.165, 1.54) is 5.56 Å². The summed E-state index contributed by atoms with van der Waals surface area (Å²) in [7, 11) is -3.41. The maximum Gasteiger partial charge on any atom is 0.213 e. The molecule has 0 saturated heterocycles. The number of primary sulfonamides is 1. The Kier molecular flexibility index (Phi) is 3.29. The topological polar surface area (TPSA) is 60.2 Å². The van der Waals surface area contributed by atoms with Crippen LogP contribution < -0.4 is 5.14 Å². The first-order valence-electron chi connectivity index (χ1n) is 4.48. The third-order valence-corrected chi connectivity index (χ3v) is 2.75. The zero-order valence-electron chi connectivity index (χ0n) is 8.40. The van der Waals surface area contributed by atoms with E-state index in [0.717, 1.165) is 5.56 Å². The van der Waals surface area contributed by atoms with Gasteiger partial charge in [-0.1, -0.05) is 38.1 Å². The second-order valence-electron chi connectivity index (χ2n) is 3.70. The first-order chi connectivity index (χ1) is 6.38. The number of hydrogen-bond donors (Lipinski definition) is 1. The molecule has 78 valence electrons. The van der Waals surface area contributed by atoms with Gasteiger partial charge in [-0.05, 0) is 17.0 Å². The van der Waals surface area contributed by atoms with E-state index >= 15 is 0 Å². The summed E-state index contributed by atoms with van der Waals surface area (Å²) < 4.78 is 21.6. The summed E-state index contributed by atoms with van der Waals surface area (Å²) in [6, 6.07) is 7.48. The van der Waals surface area contributed by atoms with Crippen LogP contribution in [0.2, 0.25) is 0 Å². The van der Waals surface area contributed by atoms with E-state index in [9.17, 15) is 8.42 Å². The molecule has 3 nitrogen and oxygen atoms in total. The maximum atomic E-state index is 10.8. The number of sulfonamides is 1. The molecule has 4 heteroatoms. The summed E-state index contributed by atoms with van der Waals surface area (Å²) in [5.74, 6) is 0.365. The monoisotopic (exact) mass is 213 g/mol. The second-order valence-corrected chi connectivity index (χ2v) is 5.32. The molecule has 0 unspecified atom stereocenters. The third-order valence-electron chi connectivity index (χ3n) is 2.01. The van der Waals surface area contributed by atoms with Gasteiger partial charge in [0.1, 0.15) is 0 Å². The van der Waals surface area contributed by atoms with Gasteiger partial charge in [0, 0.05) is 0 Å². The van der Waals surface area contributed by atoms with Crippen molar-refractivity contribution in [3.63, 3.8) is 0 Å². The lowest BCUT2D eigenvalue weighted by Crippen LogP contribution is -2.14. The zero-order chi connectivity index (χ0) is 10.8. The van der Waals surface area contributed by atoms with Crippen molar-refractivity contribution in [3.8, 4) is 0 Å². The number of rotatable bonds is 3. The van der Waals surface area contributed by atoms with Crippen LogP contribution in [0.5, 0.6) is 0 Å². The van der Waals surface area contributed by atoms with Crippen LogP contribution in [0.25, 0.3) is 0 Å². The van der Waals surface area contributed by atoms with Crippen LogP contribution in [-0.4, -0.2) is 8.42 Å². The molecule has 14 heavy (non-hydrogen) atoms. The van der Waals surface area contributed by atoms with E-state index < -0.39 is 10.0 Å². The fourth-order valence-corrected chi connectivity index (χ4v) is 1.89. The highest BCUT2D eigenvalue weighted by molar-refractivity contribution is 7.88. The molecule has 0 saturated carbocycles. The quantitative estimate of drug-likeness (QED) is 0.829. The molecule has 0 atom stereocenters. The Morgan fingerprint density at radius 3 is 2.07 bits per heavy atom. The Morgan fingerprint density at radius 2 is 1.71 bits per heavy atom. The molecule has 2 N–H and O–H groups in total. The predicted octanol–water partition coefficient (Wildman–Crippen LogP) is 1.60. The van der Waals surface area contributed by atoms with Crippen molar-refractivity contribution in [1.82, 2.24) is 0 Å². The molecular weight excluding hydrogens is 198 g/mol. The number of benzene rings is 1. The van der Waals surface area contributed by atoms with E-state index in [1.807, 2.05) is 12.1 Å². The smallest absolute Gasteiger partial charge is 0.213 e. The summed E-state index contributed by atoms with van der Waals surface area (Å²) >= 11 is 0. The molecule has 0 aliphatic rings. The summed E-state index contributed by atoms with van der Waals surface area (Å²) in [6.07, 6.45) is 0. The SMILES string of the molecule is CC(C)c1ccc(CS(N)(=O)=O)cc1. The Hall–Kier alpha value is -0.870. The number of hydrogen-bond acceptors (Lipinski definition) is 2. The van der Waals surface area contributed by atoms with Crippen molar-refractivity contribution in [3.05, 3.63) is 35.4 Å². The molecule has 1 rings (SSSR count). The first-order valence-corrected chi connectivity index (χ1v) is 6.19. The molecule has 0 fully saturated rings. The van der Waals surface area contributed by atoms with Gasteiger partial charge < -0.3 is 0 Å². The largest absolute Gasteiger partial charge is 0.228 e. The standard InChI is InChI=1S/C10H15NO2S/c1-8(2)10-5-3-9(4-6-10)7-14(11,12)13/h3-6,8H,7H2,1-2H3,(H2,11,12,13). The second kappa shape index (κ2) is 4.11. The van der Waals surface area contributed by atoms with Gasteiger partial charge in [-0.3, -0.25) is 0 Å². The zero-order valence-corrected chi connectivity index (χ0v) is 9.21. The summed E-state index contributed by atoms with van der Waals surface area (Å²) in [6.45, 7) is 4.18. The van der Waals surface area contributed by atoms with Crippen LogP contribution in [0, 0.1) is 0 Å². The minimum Gasteiger partial charge on any atom is -0.228 e. The summed E-state index contributed by atoms with van der Waals surface area (Å²) in [5, 5.41) is 4.94. The molecule has 1 aromatic carbocycles. The van der Waals surface area contributed by atoms with Crippen LogP contribution >= 0.6 is 0 Å². The Morgan fingerprint density at radius 1 is 1.21 bits per heavy atom. The van der Waals surface area contributed by atoms with Crippen LogP contribution in [-0.2, 0) is 15.8 Å². The Labute approximate surface area is 85.0 Å². The van der Waals surface area contributed by atoms with Gasteiger partial charge in [0.25, 0.3) is 0 Å². The van der Waals surface area contributed by atoms with Crippen molar-refractivity contribution < 1.29 is 8.42 Å². The van der Waals surface area contributed by atoms with Gasteiger partial charge in [-0.25, -0.2) is 13.6 Å². The highest BCUT2D eigenvalue weighted by atomic mass is 32.2. The van der Waals surface area contributed by atoms with E-state index in [-0.39, 0.29) is 5.75 Å². The lowest BCUT2D eigenvalue weighted by molar-refractivity contribution is 0.597. The molecule has 0 spiro atoms. The van der Waals surface area contributed by atoms with Gasteiger partial charge >= 0.3 is 0 Å². The van der Waals surface area contributed by atoms with Crippen LogP contribution in [0.4, 0.5) is 0 Å². The third kappa shape index (κ3) is 3.47. The maximum absolute atomic E-state index is 10.8. The molecule has 0 heterocycles. The van der Waals surface area contributed by atoms with E-state index in [4.69, 9.17) is 5.14 Å². The van der Waals surface area contributed by atoms with Crippen molar-refractivity contribution in [2.45, 2.75) is 25.5 Å². The van der Waals surface area contributed by atoms with Crippen molar-refractivity contribution in [2.24, 2.45) is 5.14 Å². The van der Waals surface area contributed by atoms with Gasteiger partial charge in [0.05, 0.1) is 5.75 Å². The summed E-state index contributed by atoms with van der Waals surface area (Å²) in [4.78, 5) is 0. The highest BCUT2D eigenvalue weighted by Gasteiger charge is 2.05. The van der Waals surface area contributed by atoms with Crippen molar-refractivity contribution in [1.29, 1.82) is 0 Å². The van der Waals surface area contributed by atoms with E-state index in [1.54, 1.807) is 12.1 Å². The van der Waals surface area contributed by atoms with Crippen LogP contribution in [0.1, 0.15) is 30.9 Å². The average molecular weight is 213 g/mol. The van der Waals surface area contributed by atoms with Crippen LogP contribution in [0.3, 0.4) is 0 Å². The van der Waals surface area contributed by atoms with Gasteiger partial charge in [0.2, 0.25) is 10.0 Å². The van der Waals surface area contributed by atoms with Crippen LogP contribution in [0.15, 0.2) is 24.3 Å². The minimum absolute atomic E-state index is 0.0919. The fourth-order valence-electron chi connectivity index (χ4n) is 1.23. The van der Waals surface area contributed by atoms with Crippen molar-refractivity contribution >= 4 is 10.0 Å². The Balaban J connectivity index is 2.84. The lowest BCUT2D eigenvalue weighted by Gasteiger charge is -2.05. The normalized spacial score (nSPS) is 12.0. The first kappa shape index (κ1) is 11.2. The Bertz CT molecular complexity index is 393. The van der Waals surface area contributed by atoms with E-state index in [0.29, 0.717) is 5.92 Å². The summed E-state index contributed by atoms with van der Waals surface area (Å²) in [5.41, 5.74) is 1.93. The molecule has 0 bridgehead atoms. The van der Waals surface area contributed by atoms with Gasteiger partial charge in [-0.15, -0.1) is 0 Å². The molecule has 0 amide bonds. The fraction of sp³-hybridized carbons (Fsp3) is 0.400. The molecule has 0 radical (unpaired) electrons. The molecule has 1 aromatic rings. The molecule has 0 aliphatic carbocycles. The van der Waals surface area contributed by atoms with Gasteiger partial charge in [-0.2, -0.15) is 0 Å². The lowest BCUT2D eigenvalue weighted by atomic mass is 10.0. The van der Waals surface area contributed by atoms with E-state index in [2.05, 4.69) is 13.8 Å². The van der Waals surface area contributed by atoms with Crippen molar-refractivity contribution in [2.75, 3.05) is 0 Å². The molecule has 0 aliphatic heterocycles. The average Bonchev–Trinajstić information content (AvgIpc) is 2.02.